The Hall–Kier alpha value is -2.99. The van der Waals surface area contributed by atoms with Crippen LogP contribution in [-0.4, -0.2) is 29.7 Å². The van der Waals surface area contributed by atoms with Crippen LogP contribution in [0.2, 0.25) is 0 Å². The maximum absolute atomic E-state index is 9.33. The van der Waals surface area contributed by atoms with Crippen molar-refractivity contribution in [2.45, 2.75) is 6.61 Å². The van der Waals surface area contributed by atoms with Crippen LogP contribution in [0.25, 0.3) is 28.1 Å². The predicted octanol–water partition coefficient (Wildman–Crippen LogP) is 2.31. The molecule has 0 fully saturated rings. The number of para-hydroxylation sites is 2. The minimum absolute atomic E-state index is 0.152. The molecule has 0 saturated heterocycles. The van der Waals surface area contributed by atoms with Crippen LogP contribution in [0.1, 0.15) is 5.82 Å². The minimum Gasteiger partial charge on any atom is -0.388 e. The van der Waals surface area contributed by atoms with Gasteiger partial charge in [-0.3, -0.25) is 0 Å². The molecule has 2 heterocycles. The minimum atomic E-state index is -0.152. The summed E-state index contributed by atoms with van der Waals surface area (Å²) in [7, 11) is 1.83. The number of aliphatic hydroxyl groups is 1. The van der Waals surface area contributed by atoms with Gasteiger partial charge in [-0.05, 0) is 18.2 Å². The molecule has 2 aromatic carbocycles. The summed E-state index contributed by atoms with van der Waals surface area (Å²) in [4.78, 5) is 0. The number of aliphatic hydroxyl groups excluding tert-OH is 1. The Morgan fingerprint density at radius 2 is 1.70 bits per heavy atom. The molecule has 0 spiro atoms. The zero-order chi connectivity index (χ0) is 15.8. The molecule has 0 aliphatic rings. The first-order valence-electron chi connectivity index (χ1n) is 7.32. The summed E-state index contributed by atoms with van der Waals surface area (Å²) in [5, 5.41) is 23.3. The van der Waals surface area contributed by atoms with Crippen LogP contribution in [0.5, 0.6) is 0 Å². The predicted molar refractivity (Wildman–Crippen MR) is 87.0 cm³/mol. The topological polar surface area (TPSA) is 68.8 Å². The van der Waals surface area contributed by atoms with E-state index in [9.17, 15) is 5.11 Å². The maximum atomic E-state index is 9.33. The van der Waals surface area contributed by atoms with Crippen LogP contribution in [0.15, 0.2) is 54.6 Å². The van der Waals surface area contributed by atoms with Crippen LogP contribution >= 0.6 is 0 Å². The maximum Gasteiger partial charge on any atom is 0.184 e. The van der Waals surface area contributed by atoms with Gasteiger partial charge in [0.15, 0.2) is 11.6 Å². The Morgan fingerprint density at radius 1 is 0.957 bits per heavy atom. The van der Waals surface area contributed by atoms with E-state index in [-0.39, 0.29) is 6.61 Å². The summed E-state index contributed by atoms with van der Waals surface area (Å²) >= 11 is 0. The van der Waals surface area contributed by atoms with E-state index < -0.39 is 0 Å². The number of nitrogens with zero attached hydrogens (tertiary/aromatic N) is 5. The van der Waals surface area contributed by atoms with E-state index in [1.165, 1.54) is 0 Å². The van der Waals surface area contributed by atoms with E-state index in [1.54, 1.807) is 4.57 Å². The third-order valence-corrected chi connectivity index (χ3v) is 3.91. The molecule has 4 aromatic rings. The fourth-order valence-corrected chi connectivity index (χ4v) is 2.70. The number of hydrogen-bond donors (Lipinski definition) is 1. The van der Waals surface area contributed by atoms with Gasteiger partial charge >= 0.3 is 0 Å². The Balaban J connectivity index is 2.00. The molecule has 0 bridgehead atoms. The van der Waals surface area contributed by atoms with Crippen molar-refractivity contribution >= 4 is 10.9 Å². The second-order valence-corrected chi connectivity index (χ2v) is 5.27. The molecule has 0 saturated carbocycles. The van der Waals surface area contributed by atoms with Gasteiger partial charge in [0.25, 0.3) is 0 Å². The lowest BCUT2D eigenvalue weighted by Gasteiger charge is -2.02. The Kier molecular flexibility index (Phi) is 3.17. The molecule has 6 nitrogen and oxygen atoms in total. The molecule has 2 aromatic heterocycles. The molecule has 6 heteroatoms. The smallest absolute Gasteiger partial charge is 0.184 e. The zero-order valence-electron chi connectivity index (χ0n) is 12.6. The Bertz CT molecular complexity index is 971. The SMILES string of the molecule is Cn1c(CO)nnc1-c1nn(-c2ccccc2)c2ccccc12. The van der Waals surface area contributed by atoms with Gasteiger partial charge in [0.2, 0.25) is 0 Å². The quantitative estimate of drug-likeness (QED) is 0.630. The summed E-state index contributed by atoms with van der Waals surface area (Å²) in [6.45, 7) is -0.152. The van der Waals surface area contributed by atoms with E-state index in [0.717, 1.165) is 22.3 Å². The van der Waals surface area contributed by atoms with Crippen LogP contribution in [0, 0.1) is 0 Å². The van der Waals surface area contributed by atoms with E-state index in [2.05, 4.69) is 10.2 Å². The third-order valence-electron chi connectivity index (χ3n) is 3.91. The molecule has 0 radical (unpaired) electrons. The van der Waals surface area contributed by atoms with Gasteiger partial charge in [-0.2, -0.15) is 5.10 Å². The molecule has 0 aliphatic heterocycles. The van der Waals surface area contributed by atoms with Gasteiger partial charge in [-0.25, -0.2) is 4.68 Å². The number of hydrogen-bond acceptors (Lipinski definition) is 4. The second kappa shape index (κ2) is 5.33. The zero-order valence-corrected chi connectivity index (χ0v) is 12.6. The highest BCUT2D eigenvalue weighted by Gasteiger charge is 2.18. The number of aromatic nitrogens is 5. The molecular weight excluding hydrogens is 290 g/mol. The molecule has 23 heavy (non-hydrogen) atoms. The first-order valence-corrected chi connectivity index (χ1v) is 7.32. The Morgan fingerprint density at radius 3 is 2.43 bits per heavy atom. The lowest BCUT2D eigenvalue weighted by atomic mass is 10.2. The van der Waals surface area contributed by atoms with Gasteiger partial charge in [0.1, 0.15) is 12.3 Å². The van der Waals surface area contributed by atoms with Crippen molar-refractivity contribution in [2.75, 3.05) is 0 Å². The molecule has 4 rings (SSSR count). The number of fused-ring (bicyclic) bond motifs is 1. The normalized spacial score (nSPS) is 11.2. The van der Waals surface area contributed by atoms with Crippen molar-refractivity contribution in [3.05, 3.63) is 60.4 Å². The lowest BCUT2D eigenvalue weighted by molar-refractivity contribution is 0.267. The Labute approximate surface area is 132 Å². The molecule has 0 atom stereocenters. The van der Waals surface area contributed by atoms with Crippen LogP contribution in [0.4, 0.5) is 0 Å². The van der Waals surface area contributed by atoms with Gasteiger partial charge in [0.05, 0.1) is 11.2 Å². The van der Waals surface area contributed by atoms with Crippen LogP contribution in [-0.2, 0) is 13.7 Å². The molecular formula is C17H15N5O. The second-order valence-electron chi connectivity index (χ2n) is 5.27. The van der Waals surface area contributed by atoms with Crippen molar-refractivity contribution < 1.29 is 5.11 Å². The van der Waals surface area contributed by atoms with E-state index in [0.29, 0.717) is 11.6 Å². The highest BCUT2D eigenvalue weighted by molar-refractivity contribution is 5.92. The fourth-order valence-electron chi connectivity index (χ4n) is 2.70. The molecule has 1 N–H and O–H groups in total. The number of benzene rings is 2. The standard InChI is InChI=1S/C17H15N5O/c1-21-15(11-23)18-19-17(21)16-13-9-5-6-10-14(13)22(20-16)12-7-3-2-4-8-12/h2-10,23H,11H2,1H3. The summed E-state index contributed by atoms with van der Waals surface area (Å²) in [6, 6.07) is 18.0. The monoisotopic (exact) mass is 305 g/mol. The molecule has 0 unspecified atom stereocenters. The summed E-state index contributed by atoms with van der Waals surface area (Å²) in [5.74, 6) is 1.15. The molecule has 0 aliphatic carbocycles. The van der Waals surface area contributed by atoms with Gasteiger partial charge < -0.3 is 9.67 Å². The first-order chi connectivity index (χ1) is 11.3. The number of rotatable bonds is 3. The van der Waals surface area contributed by atoms with E-state index in [1.807, 2.05) is 66.3 Å². The largest absolute Gasteiger partial charge is 0.388 e. The summed E-state index contributed by atoms with van der Waals surface area (Å²) < 4.78 is 3.67. The van der Waals surface area contributed by atoms with Gasteiger partial charge in [-0.15, -0.1) is 10.2 Å². The molecule has 0 amide bonds. The summed E-state index contributed by atoms with van der Waals surface area (Å²) in [6.07, 6.45) is 0. The fraction of sp³-hybridized carbons (Fsp3) is 0.118. The van der Waals surface area contributed by atoms with Crippen molar-refractivity contribution in [1.82, 2.24) is 24.5 Å². The van der Waals surface area contributed by atoms with Crippen LogP contribution in [0.3, 0.4) is 0 Å². The van der Waals surface area contributed by atoms with Gasteiger partial charge in [-0.1, -0.05) is 36.4 Å². The van der Waals surface area contributed by atoms with E-state index in [4.69, 9.17) is 5.10 Å². The third kappa shape index (κ3) is 2.11. The highest BCUT2D eigenvalue weighted by Crippen LogP contribution is 2.28. The first kappa shape index (κ1) is 13.7. The average molecular weight is 305 g/mol. The lowest BCUT2D eigenvalue weighted by Crippen LogP contribution is -2.00. The van der Waals surface area contributed by atoms with Crippen molar-refractivity contribution in [2.24, 2.45) is 7.05 Å². The van der Waals surface area contributed by atoms with Crippen molar-refractivity contribution in [3.63, 3.8) is 0 Å². The van der Waals surface area contributed by atoms with Gasteiger partial charge in [0, 0.05) is 12.4 Å². The van der Waals surface area contributed by atoms with E-state index >= 15 is 0 Å². The average Bonchev–Trinajstić information content (AvgIpc) is 3.16. The van der Waals surface area contributed by atoms with Crippen molar-refractivity contribution in [3.8, 4) is 17.2 Å². The summed E-state index contributed by atoms with van der Waals surface area (Å²) in [5.41, 5.74) is 2.74. The van der Waals surface area contributed by atoms with Crippen molar-refractivity contribution in [1.29, 1.82) is 0 Å². The highest BCUT2D eigenvalue weighted by atomic mass is 16.3. The molecule has 114 valence electrons. The van der Waals surface area contributed by atoms with Crippen LogP contribution < -0.4 is 0 Å².